The Morgan fingerprint density at radius 1 is 1.05 bits per heavy atom. The first-order chi connectivity index (χ1) is 18.1. The molecule has 0 fully saturated rings. The number of nitriles is 1. The van der Waals surface area contributed by atoms with E-state index in [1.807, 2.05) is 36.4 Å². The Bertz CT molecular complexity index is 1610. The quantitative estimate of drug-likeness (QED) is 0.324. The van der Waals surface area contributed by atoms with Crippen molar-refractivity contribution in [3.63, 3.8) is 0 Å². The lowest BCUT2D eigenvalue weighted by atomic mass is 9.64. The van der Waals surface area contributed by atoms with Crippen LogP contribution >= 0.6 is 0 Å². The molecule has 37 heavy (non-hydrogen) atoms. The number of carbonyl (C=O) groups excluding carboxylic acids is 1. The fourth-order valence-corrected chi connectivity index (χ4v) is 6.07. The summed E-state index contributed by atoms with van der Waals surface area (Å²) < 4.78 is 15.1. The number of aromatic nitrogens is 3. The Hall–Kier alpha value is -4.24. The molecule has 6 rings (SSSR count). The van der Waals surface area contributed by atoms with Crippen LogP contribution in [0.5, 0.6) is 0 Å². The van der Waals surface area contributed by atoms with Gasteiger partial charge in [0.1, 0.15) is 11.9 Å². The van der Waals surface area contributed by atoms with Crippen LogP contribution in [0.1, 0.15) is 43.4 Å². The lowest BCUT2D eigenvalue weighted by Gasteiger charge is -2.39. The van der Waals surface area contributed by atoms with Crippen molar-refractivity contribution < 1.29 is 9.18 Å². The molecule has 0 aliphatic heterocycles. The van der Waals surface area contributed by atoms with Crippen LogP contribution in [0.3, 0.4) is 0 Å². The highest BCUT2D eigenvalue weighted by Crippen LogP contribution is 2.48. The molecule has 0 amide bonds. The molecule has 5 nitrogen and oxygen atoms in total. The largest absolute Gasteiger partial charge is 0.293 e. The topological polar surface area (TPSA) is 79.5 Å². The lowest BCUT2D eigenvalue weighted by Crippen LogP contribution is -2.37. The third kappa shape index (κ3) is 3.82. The maximum atomic E-state index is 15.1. The lowest BCUT2D eigenvalue weighted by molar-refractivity contribution is -0.121. The van der Waals surface area contributed by atoms with Crippen molar-refractivity contribution in [1.82, 2.24) is 15.0 Å². The molecule has 6 heteroatoms. The number of pyridine rings is 1. The molecule has 2 aromatic carbocycles. The van der Waals surface area contributed by atoms with E-state index < -0.39 is 0 Å². The van der Waals surface area contributed by atoms with Crippen LogP contribution in [0.2, 0.25) is 0 Å². The molecular weight excluding hydrogens is 463 g/mol. The smallest absolute Gasteiger partial charge is 0.176 e. The first-order valence-corrected chi connectivity index (χ1v) is 12.8. The Morgan fingerprint density at radius 2 is 1.89 bits per heavy atom. The summed E-state index contributed by atoms with van der Waals surface area (Å²) in [5.74, 6) is -0.257. The Balaban J connectivity index is 1.63. The molecule has 2 aliphatic carbocycles. The average Bonchev–Trinajstić information content (AvgIpc) is 2.93. The molecule has 3 unspecified atom stereocenters. The molecule has 0 bridgehead atoms. The molecule has 0 spiro atoms. The van der Waals surface area contributed by atoms with Gasteiger partial charge in [0.2, 0.25) is 0 Å². The van der Waals surface area contributed by atoms with Crippen LogP contribution in [-0.4, -0.2) is 20.7 Å². The molecule has 2 aromatic heterocycles. The zero-order chi connectivity index (χ0) is 25.5. The summed E-state index contributed by atoms with van der Waals surface area (Å²) in [5, 5.41) is 10.7. The average molecular weight is 489 g/mol. The number of halogens is 1. The molecule has 0 N–H and O–H groups in total. The van der Waals surface area contributed by atoms with Gasteiger partial charge in [-0.1, -0.05) is 49.8 Å². The summed E-state index contributed by atoms with van der Waals surface area (Å²) >= 11 is 0. The number of Topliss-reactive ketones (excluding diaryl/α,β-unsaturated/α-hetero) is 1. The highest BCUT2D eigenvalue weighted by molar-refractivity contribution is 6.02. The van der Waals surface area contributed by atoms with Gasteiger partial charge in [0, 0.05) is 40.1 Å². The zero-order valence-electron chi connectivity index (χ0n) is 20.5. The number of rotatable bonds is 4. The second-order valence-corrected chi connectivity index (χ2v) is 9.79. The van der Waals surface area contributed by atoms with Crippen molar-refractivity contribution >= 4 is 16.7 Å². The Morgan fingerprint density at radius 3 is 2.70 bits per heavy atom. The van der Waals surface area contributed by atoms with Crippen molar-refractivity contribution in [2.45, 2.75) is 38.5 Å². The molecule has 4 aromatic rings. The maximum absolute atomic E-state index is 15.1. The number of fused-ring (bicyclic) bond motifs is 4. The van der Waals surface area contributed by atoms with Crippen LogP contribution in [-0.2, 0) is 11.2 Å². The number of hydrogen-bond acceptors (Lipinski definition) is 5. The summed E-state index contributed by atoms with van der Waals surface area (Å²) in [6.45, 7) is 2.06. The van der Waals surface area contributed by atoms with Crippen LogP contribution in [0.4, 0.5) is 4.39 Å². The van der Waals surface area contributed by atoms with Crippen LogP contribution in [0, 0.1) is 29.0 Å². The van der Waals surface area contributed by atoms with Gasteiger partial charge in [0.25, 0.3) is 0 Å². The fourth-order valence-electron chi connectivity index (χ4n) is 6.07. The number of ketones is 1. The van der Waals surface area contributed by atoms with Crippen molar-refractivity contribution in [2.24, 2.45) is 11.8 Å². The van der Waals surface area contributed by atoms with Crippen molar-refractivity contribution in [1.29, 1.82) is 5.26 Å². The predicted octanol–water partition coefficient (Wildman–Crippen LogP) is 6.59. The van der Waals surface area contributed by atoms with Crippen LogP contribution < -0.4 is 0 Å². The summed E-state index contributed by atoms with van der Waals surface area (Å²) in [5.41, 5.74) is 4.54. The summed E-state index contributed by atoms with van der Waals surface area (Å²) in [4.78, 5) is 27.6. The molecule has 2 heterocycles. The Labute approximate surface area is 214 Å². The molecule has 2 aliphatic rings. The minimum atomic E-state index is -0.341. The van der Waals surface area contributed by atoms with Gasteiger partial charge in [-0.05, 0) is 49.4 Å². The normalized spacial score (nSPS) is 20.6. The van der Waals surface area contributed by atoms with E-state index in [-0.39, 0.29) is 34.9 Å². The van der Waals surface area contributed by atoms with Gasteiger partial charge in [0.15, 0.2) is 11.6 Å². The van der Waals surface area contributed by atoms with Crippen LogP contribution in [0.25, 0.3) is 33.5 Å². The van der Waals surface area contributed by atoms with Crippen molar-refractivity contribution in [3.8, 4) is 28.7 Å². The van der Waals surface area contributed by atoms with E-state index in [0.717, 1.165) is 47.0 Å². The standard InChI is InChI=1S/C31H25FN4O/c1-2-7-21-19-13-14-24-28(23-8-3-4-11-26(23)32)35-31(22-9-5-12-27-20(22)10-6-15-34-27)36-29(24)25(19)16-18(17-33)30(21)37/h3-6,8-12,15-16,19,21,25H,2,7,13-14H2,1H3. The fraction of sp³-hybridized carbons (Fsp3) is 0.258. The molecule has 0 radical (unpaired) electrons. The highest BCUT2D eigenvalue weighted by Gasteiger charge is 2.43. The van der Waals surface area contributed by atoms with Gasteiger partial charge in [-0.2, -0.15) is 5.26 Å². The van der Waals surface area contributed by atoms with E-state index in [4.69, 9.17) is 9.97 Å². The minimum Gasteiger partial charge on any atom is -0.293 e. The van der Waals surface area contributed by atoms with Gasteiger partial charge >= 0.3 is 0 Å². The predicted molar refractivity (Wildman–Crippen MR) is 140 cm³/mol. The van der Waals surface area contributed by atoms with Gasteiger partial charge in [-0.25, -0.2) is 14.4 Å². The van der Waals surface area contributed by atoms with E-state index >= 15 is 4.39 Å². The molecule has 3 atom stereocenters. The second-order valence-electron chi connectivity index (χ2n) is 9.79. The number of benzene rings is 2. The SMILES string of the molecule is CCCC1C(=O)C(C#N)=CC2c3nc(-c4cccc5ncccc45)nc(-c4ccccc4F)c3CCC12. The van der Waals surface area contributed by atoms with Crippen molar-refractivity contribution in [2.75, 3.05) is 0 Å². The molecule has 0 saturated carbocycles. The maximum Gasteiger partial charge on any atom is 0.176 e. The first kappa shape index (κ1) is 23.2. The molecular formula is C31H25FN4O. The van der Waals surface area contributed by atoms with E-state index in [1.54, 1.807) is 24.4 Å². The number of allylic oxidation sites excluding steroid dienone is 2. The van der Waals surface area contributed by atoms with Crippen LogP contribution in [0.15, 0.2) is 72.4 Å². The van der Waals surface area contributed by atoms with E-state index in [9.17, 15) is 10.1 Å². The Kier molecular flexibility index (Phi) is 5.84. The van der Waals surface area contributed by atoms with Crippen molar-refractivity contribution in [3.05, 3.63) is 89.5 Å². The summed E-state index contributed by atoms with van der Waals surface area (Å²) in [6.07, 6.45) is 6.57. The zero-order valence-corrected chi connectivity index (χ0v) is 20.5. The molecule has 0 saturated heterocycles. The third-order valence-corrected chi connectivity index (χ3v) is 7.74. The van der Waals surface area contributed by atoms with E-state index in [0.29, 0.717) is 23.5 Å². The van der Waals surface area contributed by atoms with E-state index in [2.05, 4.69) is 18.0 Å². The summed E-state index contributed by atoms with van der Waals surface area (Å²) in [6, 6.07) is 18.5. The van der Waals surface area contributed by atoms with Gasteiger partial charge < -0.3 is 0 Å². The second kappa shape index (κ2) is 9.33. The van der Waals surface area contributed by atoms with Gasteiger partial charge in [-0.3, -0.25) is 9.78 Å². The number of nitrogens with zero attached hydrogens (tertiary/aromatic N) is 4. The molecule has 182 valence electrons. The monoisotopic (exact) mass is 488 g/mol. The first-order valence-electron chi connectivity index (χ1n) is 12.8. The number of carbonyl (C=O) groups is 1. The van der Waals surface area contributed by atoms with Gasteiger partial charge in [0.05, 0.1) is 22.5 Å². The summed E-state index contributed by atoms with van der Waals surface area (Å²) in [7, 11) is 0. The van der Waals surface area contributed by atoms with Gasteiger partial charge in [-0.15, -0.1) is 0 Å². The minimum absolute atomic E-state index is 0.0576. The third-order valence-electron chi connectivity index (χ3n) is 7.74. The highest BCUT2D eigenvalue weighted by atomic mass is 19.1. The van der Waals surface area contributed by atoms with E-state index in [1.165, 1.54) is 6.07 Å². The number of hydrogen-bond donors (Lipinski definition) is 0.